The predicted molar refractivity (Wildman–Crippen MR) is 74.7 cm³/mol. The molecule has 0 saturated heterocycles. The number of aliphatic hydroxyl groups excluding tert-OH is 1. The van der Waals surface area contributed by atoms with Gasteiger partial charge in [-0.25, -0.2) is 4.79 Å². The number of amides is 1. The fraction of sp³-hybridized carbons (Fsp3) is 0.357. The molecule has 1 rings (SSSR count). The Morgan fingerprint density at radius 1 is 1.40 bits per heavy atom. The SMILES string of the molecule is C/C=C/c1ccc(OCC(O)COC(N)=O)c(OC)c1. The second kappa shape index (κ2) is 8.06. The number of nitrogens with two attached hydrogens (primary N) is 1. The second-order valence-electron chi connectivity index (χ2n) is 4.01. The summed E-state index contributed by atoms with van der Waals surface area (Å²) < 4.78 is 15.1. The average molecular weight is 281 g/mol. The molecule has 0 fully saturated rings. The van der Waals surface area contributed by atoms with Crippen molar-refractivity contribution in [1.82, 2.24) is 0 Å². The van der Waals surface area contributed by atoms with Crippen LogP contribution in [0.3, 0.4) is 0 Å². The highest BCUT2D eigenvalue weighted by atomic mass is 16.6. The Morgan fingerprint density at radius 2 is 2.15 bits per heavy atom. The number of rotatable bonds is 7. The molecule has 1 unspecified atom stereocenters. The van der Waals surface area contributed by atoms with Gasteiger partial charge in [-0.1, -0.05) is 18.2 Å². The van der Waals surface area contributed by atoms with Gasteiger partial charge in [0.25, 0.3) is 0 Å². The van der Waals surface area contributed by atoms with E-state index in [2.05, 4.69) is 4.74 Å². The summed E-state index contributed by atoms with van der Waals surface area (Å²) in [5.41, 5.74) is 5.78. The smallest absolute Gasteiger partial charge is 0.404 e. The zero-order valence-corrected chi connectivity index (χ0v) is 11.5. The quantitative estimate of drug-likeness (QED) is 0.791. The molecule has 1 aromatic rings. The number of aliphatic hydroxyl groups is 1. The molecule has 0 bridgehead atoms. The third-order valence-electron chi connectivity index (χ3n) is 2.40. The molecular weight excluding hydrogens is 262 g/mol. The first-order chi connectivity index (χ1) is 9.56. The summed E-state index contributed by atoms with van der Waals surface area (Å²) in [5.74, 6) is 1.06. The molecule has 3 N–H and O–H groups in total. The lowest BCUT2D eigenvalue weighted by atomic mass is 10.2. The zero-order chi connectivity index (χ0) is 15.0. The summed E-state index contributed by atoms with van der Waals surface area (Å²) in [6, 6.07) is 5.43. The maximum atomic E-state index is 10.4. The van der Waals surface area contributed by atoms with Crippen LogP contribution in [-0.4, -0.2) is 37.6 Å². The van der Waals surface area contributed by atoms with Crippen LogP contribution in [0.1, 0.15) is 12.5 Å². The highest BCUT2D eigenvalue weighted by Crippen LogP contribution is 2.28. The lowest BCUT2D eigenvalue weighted by Gasteiger charge is -2.14. The summed E-state index contributed by atoms with van der Waals surface area (Å²) in [6.07, 6.45) is 1.96. The van der Waals surface area contributed by atoms with Crippen molar-refractivity contribution >= 4 is 12.2 Å². The van der Waals surface area contributed by atoms with Crippen LogP contribution in [0.2, 0.25) is 0 Å². The fourth-order valence-corrected chi connectivity index (χ4v) is 1.51. The van der Waals surface area contributed by atoms with Gasteiger partial charge in [-0.2, -0.15) is 0 Å². The van der Waals surface area contributed by atoms with Crippen LogP contribution in [0.5, 0.6) is 11.5 Å². The highest BCUT2D eigenvalue weighted by Gasteiger charge is 2.10. The maximum absolute atomic E-state index is 10.4. The summed E-state index contributed by atoms with van der Waals surface area (Å²) >= 11 is 0. The summed E-state index contributed by atoms with van der Waals surface area (Å²) in [4.78, 5) is 10.4. The number of carbonyl (C=O) groups is 1. The maximum Gasteiger partial charge on any atom is 0.404 e. The minimum Gasteiger partial charge on any atom is -0.493 e. The summed E-state index contributed by atoms with van der Waals surface area (Å²) in [7, 11) is 1.54. The van der Waals surface area contributed by atoms with E-state index in [0.29, 0.717) is 11.5 Å². The highest BCUT2D eigenvalue weighted by molar-refractivity contribution is 5.64. The van der Waals surface area contributed by atoms with E-state index in [0.717, 1.165) is 5.56 Å². The Hall–Kier alpha value is -2.21. The van der Waals surface area contributed by atoms with Crippen molar-refractivity contribution in [2.45, 2.75) is 13.0 Å². The Labute approximate surface area is 117 Å². The molecule has 0 heterocycles. The van der Waals surface area contributed by atoms with Crippen LogP contribution in [0.4, 0.5) is 4.79 Å². The van der Waals surface area contributed by atoms with E-state index in [-0.39, 0.29) is 13.2 Å². The third kappa shape index (κ3) is 5.19. The van der Waals surface area contributed by atoms with Crippen molar-refractivity contribution in [1.29, 1.82) is 0 Å². The Balaban J connectivity index is 2.60. The van der Waals surface area contributed by atoms with Gasteiger partial charge in [0.15, 0.2) is 11.5 Å². The van der Waals surface area contributed by atoms with Crippen molar-refractivity contribution < 1.29 is 24.1 Å². The molecule has 6 heteroatoms. The molecule has 1 amide bonds. The van der Waals surface area contributed by atoms with Gasteiger partial charge in [-0.3, -0.25) is 0 Å². The number of hydrogen-bond donors (Lipinski definition) is 2. The molecule has 0 aliphatic rings. The largest absolute Gasteiger partial charge is 0.493 e. The van der Waals surface area contributed by atoms with E-state index in [9.17, 15) is 9.90 Å². The van der Waals surface area contributed by atoms with Gasteiger partial charge in [0.05, 0.1) is 7.11 Å². The number of carbonyl (C=O) groups excluding carboxylic acids is 1. The molecule has 20 heavy (non-hydrogen) atoms. The summed E-state index contributed by atoms with van der Waals surface area (Å²) in [5, 5.41) is 9.55. The first kappa shape index (κ1) is 15.8. The Kier molecular flexibility index (Phi) is 6.39. The van der Waals surface area contributed by atoms with Gasteiger partial charge in [0.1, 0.15) is 19.3 Å². The first-order valence-electron chi connectivity index (χ1n) is 6.10. The molecule has 0 saturated carbocycles. The molecule has 6 nitrogen and oxygen atoms in total. The number of hydrogen-bond acceptors (Lipinski definition) is 5. The van der Waals surface area contributed by atoms with Gasteiger partial charge in [0.2, 0.25) is 0 Å². The number of ether oxygens (including phenoxy) is 3. The van der Waals surface area contributed by atoms with Crippen molar-refractivity contribution in [3.8, 4) is 11.5 Å². The van der Waals surface area contributed by atoms with E-state index in [1.807, 2.05) is 31.2 Å². The van der Waals surface area contributed by atoms with Gasteiger partial charge >= 0.3 is 6.09 Å². The molecule has 1 aromatic carbocycles. The average Bonchev–Trinajstić information content (AvgIpc) is 2.43. The van der Waals surface area contributed by atoms with Gasteiger partial charge in [-0.05, 0) is 24.6 Å². The van der Waals surface area contributed by atoms with Crippen molar-refractivity contribution in [3.05, 3.63) is 29.8 Å². The monoisotopic (exact) mass is 281 g/mol. The van der Waals surface area contributed by atoms with Crippen molar-refractivity contribution in [2.75, 3.05) is 20.3 Å². The predicted octanol–water partition coefficient (Wildman–Crippen LogP) is 1.56. The van der Waals surface area contributed by atoms with Crippen LogP contribution in [-0.2, 0) is 4.74 Å². The Morgan fingerprint density at radius 3 is 2.75 bits per heavy atom. The van der Waals surface area contributed by atoms with E-state index in [1.54, 1.807) is 6.07 Å². The lowest BCUT2D eigenvalue weighted by molar-refractivity contribution is 0.0413. The third-order valence-corrected chi connectivity index (χ3v) is 2.40. The number of methoxy groups -OCH3 is 1. The molecule has 0 aliphatic carbocycles. The molecule has 0 radical (unpaired) electrons. The topological polar surface area (TPSA) is 91.0 Å². The van der Waals surface area contributed by atoms with Gasteiger partial charge in [-0.15, -0.1) is 0 Å². The number of benzene rings is 1. The standard InChI is InChI=1S/C14H19NO5/c1-3-4-10-5-6-12(13(7-10)18-2)19-8-11(16)9-20-14(15)17/h3-7,11,16H,8-9H2,1-2H3,(H2,15,17)/b4-3+. The zero-order valence-electron chi connectivity index (χ0n) is 11.5. The fourth-order valence-electron chi connectivity index (χ4n) is 1.51. The van der Waals surface area contributed by atoms with Crippen LogP contribution in [0.25, 0.3) is 6.08 Å². The lowest BCUT2D eigenvalue weighted by Crippen LogP contribution is -2.27. The molecule has 0 aliphatic heterocycles. The first-order valence-corrected chi connectivity index (χ1v) is 6.10. The molecule has 0 spiro atoms. The number of primary amides is 1. The van der Waals surface area contributed by atoms with E-state index in [1.165, 1.54) is 7.11 Å². The minimum atomic E-state index is -0.956. The van der Waals surface area contributed by atoms with Crippen molar-refractivity contribution in [3.63, 3.8) is 0 Å². The van der Waals surface area contributed by atoms with Crippen LogP contribution in [0.15, 0.2) is 24.3 Å². The van der Waals surface area contributed by atoms with Crippen LogP contribution >= 0.6 is 0 Å². The van der Waals surface area contributed by atoms with Gasteiger partial charge in [0, 0.05) is 0 Å². The normalized spacial score (nSPS) is 12.2. The van der Waals surface area contributed by atoms with Crippen molar-refractivity contribution in [2.24, 2.45) is 5.73 Å². The van der Waals surface area contributed by atoms with E-state index < -0.39 is 12.2 Å². The van der Waals surface area contributed by atoms with E-state index in [4.69, 9.17) is 15.2 Å². The molecular formula is C14H19NO5. The molecule has 1 atom stereocenters. The minimum absolute atomic E-state index is 0.0351. The van der Waals surface area contributed by atoms with Crippen LogP contribution in [0, 0.1) is 0 Å². The van der Waals surface area contributed by atoms with Crippen LogP contribution < -0.4 is 15.2 Å². The van der Waals surface area contributed by atoms with Gasteiger partial charge < -0.3 is 25.1 Å². The Bertz CT molecular complexity index is 473. The molecule has 0 aromatic heterocycles. The molecule has 110 valence electrons. The summed E-state index contributed by atoms with van der Waals surface area (Å²) in [6.45, 7) is 1.67. The second-order valence-corrected chi connectivity index (χ2v) is 4.01. The number of allylic oxidation sites excluding steroid dienone is 1. The van der Waals surface area contributed by atoms with E-state index >= 15 is 0 Å².